The first-order chi connectivity index (χ1) is 10.7. The molecule has 1 aliphatic heterocycles. The summed E-state index contributed by atoms with van der Waals surface area (Å²) in [6.07, 6.45) is 5.99. The molecule has 3 aliphatic rings. The van der Waals surface area contributed by atoms with Crippen LogP contribution < -0.4 is 0 Å². The van der Waals surface area contributed by atoms with E-state index < -0.39 is 22.0 Å². The van der Waals surface area contributed by atoms with Gasteiger partial charge in [-0.05, 0) is 37.0 Å². The first kappa shape index (κ1) is 17.0. The second-order valence-electron chi connectivity index (χ2n) is 7.89. The molecule has 3 rings (SSSR count). The Bertz CT molecular complexity index is 639. The second kappa shape index (κ2) is 5.31. The van der Waals surface area contributed by atoms with Crippen LogP contribution in [0.5, 0.6) is 0 Å². The molecule has 4 atom stereocenters. The third-order valence-corrected chi connectivity index (χ3v) is 8.59. The van der Waals surface area contributed by atoms with Crippen molar-refractivity contribution in [2.45, 2.75) is 65.0 Å². The average Bonchev–Trinajstić information content (AvgIpc) is 2.93. The molecule has 1 heterocycles. The number of carbonyl (C=O) groups is 1. The van der Waals surface area contributed by atoms with Crippen LogP contribution in [0.15, 0.2) is 12.2 Å². The van der Waals surface area contributed by atoms with Crippen LogP contribution in [0.2, 0.25) is 0 Å². The highest BCUT2D eigenvalue weighted by atomic mass is 32.2. The van der Waals surface area contributed by atoms with Crippen LogP contribution in [0.25, 0.3) is 0 Å². The molecule has 2 bridgehead atoms. The van der Waals surface area contributed by atoms with E-state index in [0.717, 1.165) is 30.0 Å². The maximum absolute atomic E-state index is 12.7. The summed E-state index contributed by atoms with van der Waals surface area (Å²) in [6, 6.07) is -0.265. The quantitative estimate of drug-likeness (QED) is 0.794. The van der Waals surface area contributed by atoms with Gasteiger partial charge in [0.05, 0.1) is 11.8 Å². The van der Waals surface area contributed by atoms with E-state index in [1.54, 1.807) is 6.08 Å². The van der Waals surface area contributed by atoms with Crippen molar-refractivity contribution in [2.75, 3.05) is 5.75 Å². The van der Waals surface area contributed by atoms with Gasteiger partial charge in [-0.1, -0.05) is 32.9 Å². The van der Waals surface area contributed by atoms with Crippen molar-refractivity contribution < 1.29 is 18.3 Å². The maximum atomic E-state index is 12.7. The Balaban J connectivity index is 1.89. The van der Waals surface area contributed by atoms with Gasteiger partial charge in [-0.15, -0.1) is 0 Å². The number of aliphatic hydroxyl groups is 1. The molecule has 3 fully saturated rings. The van der Waals surface area contributed by atoms with Gasteiger partial charge in [0.1, 0.15) is 6.10 Å². The van der Waals surface area contributed by atoms with Gasteiger partial charge in [0.2, 0.25) is 10.0 Å². The molecule has 2 saturated carbocycles. The summed E-state index contributed by atoms with van der Waals surface area (Å²) in [5.74, 6) is -0.122. The highest BCUT2D eigenvalue weighted by molar-refractivity contribution is 7.90. The molecule has 1 N–H and O–H groups in total. The van der Waals surface area contributed by atoms with E-state index in [4.69, 9.17) is 0 Å². The Morgan fingerprint density at radius 1 is 1.39 bits per heavy atom. The number of hydrogen-bond donors (Lipinski definition) is 1. The zero-order chi connectivity index (χ0) is 17.0. The van der Waals surface area contributed by atoms with Crippen molar-refractivity contribution >= 4 is 15.9 Å². The minimum absolute atomic E-state index is 0.0530. The predicted molar refractivity (Wildman–Crippen MR) is 88.0 cm³/mol. The first-order valence-electron chi connectivity index (χ1n) is 8.56. The number of fused-ring (bicyclic) bond motifs is 1. The van der Waals surface area contributed by atoms with Gasteiger partial charge in [-0.3, -0.25) is 4.79 Å². The van der Waals surface area contributed by atoms with E-state index >= 15 is 0 Å². The number of hydrogen-bond acceptors (Lipinski definition) is 4. The predicted octanol–water partition coefficient (Wildman–Crippen LogP) is 2.07. The van der Waals surface area contributed by atoms with Crippen LogP contribution in [-0.4, -0.2) is 41.6 Å². The van der Waals surface area contributed by atoms with E-state index in [9.17, 15) is 18.3 Å². The molecule has 130 valence electrons. The van der Waals surface area contributed by atoms with Gasteiger partial charge >= 0.3 is 0 Å². The van der Waals surface area contributed by atoms with Crippen LogP contribution >= 0.6 is 0 Å². The molecule has 1 amide bonds. The topological polar surface area (TPSA) is 74.7 Å². The third-order valence-electron chi connectivity index (χ3n) is 6.68. The van der Waals surface area contributed by atoms with Gasteiger partial charge in [0, 0.05) is 11.8 Å². The number of rotatable bonds is 4. The fourth-order valence-corrected chi connectivity index (χ4v) is 7.79. The van der Waals surface area contributed by atoms with E-state index in [1.165, 1.54) is 0 Å². The summed E-state index contributed by atoms with van der Waals surface area (Å²) in [5, 5.41) is 10.1. The van der Waals surface area contributed by atoms with Crippen molar-refractivity contribution in [3.8, 4) is 0 Å². The van der Waals surface area contributed by atoms with Crippen LogP contribution in [0.3, 0.4) is 0 Å². The Morgan fingerprint density at radius 2 is 2.09 bits per heavy atom. The van der Waals surface area contributed by atoms with E-state index in [2.05, 4.69) is 13.8 Å². The minimum Gasteiger partial charge on any atom is -0.383 e. The zero-order valence-corrected chi connectivity index (χ0v) is 15.0. The molecular weight excluding hydrogens is 314 g/mol. The van der Waals surface area contributed by atoms with Gasteiger partial charge in [-0.25, -0.2) is 12.7 Å². The largest absolute Gasteiger partial charge is 0.383 e. The highest BCUT2D eigenvalue weighted by Gasteiger charge is 2.72. The monoisotopic (exact) mass is 341 g/mol. The molecule has 1 spiro atoms. The molecule has 23 heavy (non-hydrogen) atoms. The van der Waals surface area contributed by atoms with E-state index in [1.807, 2.05) is 13.0 Å². The SMILES string of the molecule is CC/C=C/C[C@H](O)C(=O)N1[C@@H]2C[C@H]3CC[C@]2(CS1(=O)=O)C3(C)C. The molecular formula is C17H27NO4S. The number of carbonyl (C=O) groups excluding carboxylic acids is 1. The lowest BCUT2D eigenvalue weighted by Gasteiger charge is -2.37. The molecule has 0 unspecified atom stereocenters. The third kappa shape index (κ3) is 2.21. The first-order valence-corrected chi connectivity index (χ1v) is 10.2. The Morgan fingerprint density at radius 3 is 2.70 bits per heavy atom. The van der Waals surface area contributed by atoms with Gasteiger partial charge in [0.15, 0.2) is 0 Å². The Labute approximate surface area is 138 Å². The molecule has 2 aliphatic carbocycles. The molecule has 6 heteroatoms. The van der Waals surface area contributed by atoms with Crippen molar-refractivity contribution in [1.29, 1.82) is 0 Å². The lowest BCUT2D eigenvalue weighted by Crippen LogP contribution is -2.47. The van der Waals surface area contributed by atoms with Gasteiger partial charge in [-0.2, -0.15) is 0 Å². The smallest absolute Gasteiger partial charge is 0.265 e. The summed E-state index contributed by atoms with van der Waals surface area (Å²) in [4.78, 5) is 12.6. The summed E-state index contributed by atoms with van der Waals surface area (Å²) in [6.45, 7) is 6.26. The van der Waals surface area contributed by atoms with Gasteiger partial charge < -0.3 is 5.11 Å². The Kier molecular flexibility index (Phi) is 3.92. The normalized spacial score (nSPS) is 38.2. The summed E-state index contributed by atoms with van der Waals surface area (Å²) in [5.41, 5.74) is -0.391. The number of nitrogens with zero attached hydrogens (tertiary/aromatic N) is 1. The van der Waals surface area contributed by atoms with E-state index in [-0.39, 0.29) is 29.0 Å². The van der Waals surface area contributed by atoms with Crippen molar-refractivity contribution in [3.63, 3.8) is 0 Å². The van der Waals surface area contributed by atoms with Crippen LogP contribution in [-0.2, 0) is 14.8 Å². The van der Waals surface area contributed by atoms with Crippen molar-refractivity contribution in [1.82, 2.24) is 4.31 Å². The van der Waals surface area contributed by atoms with E-state index in [0.29, 0.717) is 5.92 Å². The maximum Gasteiger partial charge on any atom is 0.265 e. The molecule has 0 aromatic heterocycles. The van der Waals surface area contributed by atoms with Crippen LogP contribution in [0.1, 0.15) is 52.9 Å². The lowest BCUT2D eigenvalue weighted by atomic mass is 9.69. The zero-order valence-electron chi connectivity index (χ0n) is 14.2. The van der Waals surface area contributed by atoms with Crippen molar-refractivity contribution in [3.05, 3.63) is 12.2 Å². The van der Waals surface area contributed by atoms with Gasteiger partial charge in [0.25, 0.3) is 5.91 Å². The summed E-state index contributed by atoms with van der Waals surface area (Å²) in [7, 11) is -3.64. The Hall–Kier alpha value is -0.880. The fraction of sp³-hybridized carbons (Fsp3) is 0.824. The number of amides is 1. The molecule has 0 aromatic rings. The van der Waals surface area contributed by atoms with Crippen LogP contribution in [0.4, 0.5) is 0 Å². The standard InChI is InChI=1S/C17H27NO4S/c1-4-5-6-7-13(19)15(20)18-14-10-12-8-9-17(14,16(12,2)3)11-23(18,21)22/h5-6,12-14,19H,4,7-11H2,1-3H3/b6-5+/t12-,13+,14-,17-/m1/s1. The van der Waals surface area contributed by atoms with Crippen molar-refractivity contribution in [2.24, 2.45) is 16.7 Å². The second-order valence-corrected chi connectivity index (χ2v) is 9.73. The molecule has 0 radical (unpaired) electrons. The highest BCUT2D eigenvalue weighted by Crippen LogP contribution is 2.69. The molecule has 5 nitrogen and oxygen atoms in total. The number of sulfonamides is 1. The van der Waals surface area contributed by atoms with Crippen LogP contribution in [0, 0.1) is 16.7 Å². The average molecular weight is 341 g/mol. The number of aliphatic hydroxyl groups excluding tert-OH is 1. The summed E-state index contributed by atoms with van der Waals surface area (Å²) >= 11 is 0. The molecule has 1 saturated heterocycles. The molecule has 0 aromatic carbocycles. The fourth-order valence-electron chi connectivity index (χ4n) is 5.22. The summed E-state index contributed by atoms with van der Waals surface area (Å²) < 4.78 is 26.4. The minimum atomic E-state index is -3.64. The lowest BCUT2D eigenvalue weighted by molar-refractivity contribution is -0.137. The number of allylic oxidation sites excluding steroid dienone is 1.